The monoisotopic (exact) mass is 338 g/mol. The fourth-order valence-electron chi connectivity index (χ4n) is 1.31. The molecule has 0 N–H and O–H groups in total. The van der Waals surface area contributed by atoms with Crippen LogP contribution in [0.3, 0.4) is 0 Å². The number of benzene rings is 1. The van der Waals surface area contributed by atoms with Gasteiger partial charge >= 0.3 is 0 Å². The van der Waals surface area contributed by atoms with Crippen molar-refractivity contribution in [1.82, 2.24) is 9.78 Å². The Labute approximate surface area is 103 Å². The van der Waals surface area contributed by atoms with Gasteiger partial charge in [-0.25, -0.2) is 13.5 Å². The van der Waals surface area contributed by atoms with Gasteiger partial charge in [-0.15, -0.1) is 0 Å². The van der Waals surface area contributed by atoms with E-state index in [0.717, 1.165) is 10.7 Å². The summed E-state index contributed by atoms with van der Waals surface area (Å²) in [5, 5.41) is 3.82. The van der Waals surface area contributed by atoms with Gasteiger partial charge in [-0.3, -0.25) is 0 Å². The second-order valence-electron chi connectivity index (χ2n) is 3.16. The number of rotatable bonds is 2. The Balaban J connectivity index is 2.34. The number of hydrogen-bond donors (Lipinski definition) is 0. The molecule has 6 heteroatoms. The lowest BCUT2D eigenvalue weighted by Crippen LogP contribution is -2.07. The van der Waals surface area contributed by atoms with Gasteiger partial charge < -0.3 is 0 Å². The molecule has 16 heavy (non-hydrogen) atoms. The molecule has 0 unspecified atom stereocenters. The zero-order chi connectivity index (χ0) is 11.7. The molecule has 84 valence electrons. The molecule has 2 aromatic rings. The highest BCUT2D eigenvalue weighted by molar-refractivity contribution is 14.1. The van der Waals surface area contributed by atoms with Gasteiger partial charge in [0.25, 0.3) is 0 Å². The minimum absolute atomic E-state index is 0.0680. The van der Waals surface area contributed by atoms with Crippen molar-refractivity contribution in [3.63, 3.8) is 0 Å². The van der Waals surface area contributed by atoms with Crippen molar-refractivity contribution in [3.05, 3.63) is 51.1 Å². The first-order valence-corrected chi connectivity index (χ1v) is 5.47. The third-order valence-corrected chi connectivity index (χ3v) is 2.58. The summed E-state index contributed by atoms with van der Waals surface area (Å²) in [4.78, 5) is 0. The summed E-state index contributed by atoms with van der Waals surface area (Å²) >= 11 is 1.84. The van der Waals surface area contributed by atoms with E-state index in [1.807, 2.05) is 22.6 Å². The van der Waals surface area contributed by atoms with Crippen molar-refractivity contribution < 1.29 is 13.2 Å². The van der Waals surface area contributed by atoms with Crippen molar-refractivity contribution in [3.8, 4) is 0 Å². The maximum Gasteiger partial charge on any atom is 0.212 e. The van der Waals surface area contributed by atoms with E-state index in [1.54, 1.807) is 0 Å². The summed E-state index contributed by atoms with van der Waals surface area (Å²) in [6.45, 7) is -0.127. The molecule has 0 amide bonds. The van der Waals surface area contributed by atoms with Crippen molar-refractivity contribution in [2.45, 2.75) is 6.54 Å². The SMILES string of the molecule is Fc1cccc(Cn2nc(I)cc2F)c1F. The number of hydrogen-bond acceptors (Lipinski definition) is 1. The van der Waals surface area contributed by atoms with Crippen LogP contribution < -0.4 is 0 Å². The molecule has 2 nitrogen and oxygen atoms in total. The van der Waals surface area contributed by atoms with Gasteiger partial charge in [0.1, 0.15) is 3.70 Å². The lowest BCUT2D eigenvalue weighted by Gasteiger charge is -2.04. The molecule has 0 aliphatic rings. The molecular weight excluding hydrogens is 332 g/mol. The van der Waals surface area contributed by atoms with Crippen LogP contribution in [0.2, 0.25) is 0 Å². The first kappa shape index (κ1) is 11.4. The lowest BCUT2D eigenvalue weighted by atomic mass is 10.2. The molecular formula is C10H6F3IN2. The van der Waals surface area contributed by atoms with Crippen molar-refractivity contribution in [2.75, 3.05) is 0 Å². The van der Waals surface area contributed by atoms with Crippen LogP contribution in [0, 0.1) is 21.3 Å². The van der Waals surface area contributed by atoms with Gasteiger partial charge in [-0.05, 0) is 28.7 Å². The Morgan fingerprint density at radius 2 is 2.00 bits per heavy atom. The van der Waals surface area contributed by atoms with Crippen LogP contribution >= 0.6 is 22.6 Å². The highest BCUT2D eigenvalue weighted by Gasteiger charge is 2.11. The van der Waals surface area contributed by atoms with Gasteiger partial charge in [-0.1, -0.05) is 12.1 Å². The third-order valence-electron chi connectivity index (χ3n) is 2.05. The molecule has 1 aromatic heterocycles. The van der Waals surface area contributed by atoms with Gasteiger partial charge in [0, 0.05) is 11.6 Å². The molecule has 0 saturated heterocycles. The van der Waals surface area contributed by atoms with Crippen LogP contribution in [0.25, 0.3) is 0 Å². The van der Waals surface area contributed by atoms with E-state index in [4.69, 9.17) is 0 Å². The van der Waals surface area contributed by atoms with Crippen LogP contribution in [-0.2, 0) is 6.54 Å². The smallest absolute Gasteiger partial charge is 0.212 e. The van der Waals surface area contributed by atoms with Gasteiger partial charge in [0.2, 0.25) is 5.95 Å². The molecule has 0 aliphatic carbocycles. The van der Waals surface area contributed by atoms with E-state index in [1.165, 1.54) is 18.2 Å². The van der Waals surface area contributed by atoms with E-state index in [-0.39, 0.29) is 12.1 Å². The summed E-state index contributed by atoms with van der Waals surface area (Å²) in [5.41, 5.74) is 0.0680. The minimum Gasteiger partial charge on any atom is -0.234 e. The van der Waals surface area contributed by atoms with Gasteiger partial charge in [-0.2, -0.15) is 9.49 Å². The molecule has 0 spiro atoms. The molecule has 0 saturated carbocycles. The summed E-state index contributed by atoms with van der Waals surface area (Å²) in [6, 6.07) is 5.01. The summed E-state index contributed by atoms with van der Waals surface area (Å²) in [5.74, 6) is -2.49. The van der Waals surface area contributed by atoms with Crippen molar-refractivity contribution in [1.29, 1.82) is 0 Å². The largest absolute Gasteiger partial charge is 0.234 e. The fraction of sp³-hybridized carbons (Fsp3) is 0.100. The number of aromatic nitrogens is 2. The molecule has 0 fully saturated rings. The second kappa shape index (κ2) is 4.44. The Bertz CT molecular complexity index is 525. The van der Waals surface area contributed by atoms with Gasteiger partial charge in [0.15, 0.2) is 11.6 Å². The van der Waals surface area contributed by atoms with Crippen molar-refractivity contribution >= 4 is 22.6 Å². The summed E-state index contributed by atoms with van der Waals surface area (Å²) in [6.07, 6.45) is 0. The Hall–Kier alpha value is -1.05. The predicted molar refractivity (Wildman–Crippen MR) is 60.4 cm³/mol. The summed E-state index contributed by atoms with van der Waals surface area (Å²) < 4.78 is 40.8. The zero-order valence-corrected chi connectivity index (χ0v) is 10.1. The van der Waals surface area contributed by atoms with Crippen LogP contribution in [0.1, 0.15) is 5.56 Å². The summed E-state index contributed by atoms with van der Waals surface area (Å²) in [7, 11) is 0. The second-order valence-corrected chi connectivity index (χ2v) is 4.27. The van der Waals surface area contributed by atoms with Crippen LogP contribution in [0.15, 0.2) is 24.3 Å². The first-order valence-electron chi connectivity index (χ1n) is 4.39. The van der Waals surface area contributed by atoms with E-state index >= 15 is 0 Å². The molecule has 0 aliphatic heterocycles. The Morgan fingerprint density at radius 1 is 1.25 bits per heavy atom. The van der Waals surface area contributed by atoms with Crippen LogP contribution in [0.5, 0.6) is 0 Å². The highest BCUT2D eigenvalue weighted by Crippen LogP contribution is 2.14. The van der Waals surface area contributed by atoms with Crippen LogP contribution in [0.4, 0.5) is 13.2 Å². The molecule has 1 aromatic carbocycles. The normalized spacial score (nSPS) is 10.8. The maximum absolute atomic E-state index is 13.3. The van der Waals surface area contributed by atoms with Crippen LogP contribution in [-0.4, -0.2) is 9.78 Å². The van der Waals surface area contributed by atoms with E-state index in [2.05, 4.69) is 5.10 Å². The van der Waals surface area contributed by atoms with E-state index in [0.29, 0.717) is 3.70 Å². The Kier molecular flexibility index (Phi) is 3.17. The zero-order valence-electron chi connectivity index (χ0n) is 7.92. The maximum atomic E-state index is 13.3. The molecule has 0 bridgehead atoms. The Morgan fingerprint density at radius 3 is 2.62 bits per heavy atom. The average Bonchev–Trinajstić information content (AvgIpc) is 2.53. The highest BCUT2D eigenvalue weighted by atomic mass is 127. The third kappa shape index (κ3) is 2.21. The minimum atomic E-state index is -0.965. The van der Waals surface area contributed by atoms with Crippen molar-refractivity contribution in [2.24, 2.45) is 0 Å². The molecule has 1 heterocycles. The first-order chi connectivity index (χ1) is 7.58. The quantitative estimate of drug-likeness (QED) is 0.770. The molecule has 0 atom stereocenters. The van der Waals surface area contributed by atoms with E-state index in [9.17, 15) is 13.2 Å². The molecule has 2 rings (SSSR count). The number of halogens is 4. The van der Waals surface area contributed by atoms with E-state index < -0.39 is 17.6 Å². The number of nitrogens with zero attached hydrogens (tertiary/aromatic N) is 2. The fourth-order valence-corrected chi connectivity index (χ4v) is 1.82. The standard InChI is InChI=1S/C10H6F3IN2/c11-7-3-1-2-6(10(7)13)5-16-8(12)4-9(14)15-16/h1-4H,5H2. The molecule has 0 radical (unpaired) electrons. The average molecular weight is 338 g/mol. The topological polar surface area (TPSA) is 17.8 Å². The van der Waals surface area contributed by atoms with Gasteiger partial charge in [0.05, 0.1) is 6.54 Å². The lowest BCUT2D eigenvalue weighted by molar-refractivity contribution is 0.457. The predicted octanol–water partition coefficient (Wildman–Crippen LogP) is 2.95.